The average Bonchev–Trinajstić information content (AvgIpc) is 3.11. The van der Waals surface area contributed by atoms with Crippen LogP contribution in [0.5, 0.6) is 0 Å². The lowest BCUT2D eigenvalue weighted by Crippen LogP contribution is -2.60. The van der Waals surface area contributed by atoms with Crippen LogP contribution in [0.1, 0.15) is 113 Å². The predicted octanol–water partition coefficient (Wildman–Crippen LogP) is 7.42. The molecule has 33 heavy (non-hydrogen) atoms. The van der Waals surface area contributed by atoms with Gasteiger partial charge in [0.2, 0.25) is 0 Å². The largest absolute Gasteiger partial charge is 0.355 e. The number of ketones is 1. The third-order valence-electron chi connectivity index (χ3n) is 12.6. The van der Waals surface area contributed by atoms with Crippen LogP contribution in [0.4, 0.5) is 0 Å². The molecule has 5 aliphatic rings. The van der Waals surface area contributed by atoms with Gasteiger partial charge in [-0.1, -0.05) is 41.5 Å². The second-order valence-corrected chi connectivity index (χ2v) is 14.8. The lowest BCUT2D eigenvalue weighted by molar-refractivity contribution is -0.289. The van der Waals surface area contributed by atoms with Gasteiger partial charge in [-0.3, -0.25) is 4.79 Å². The van der Waals surface area contributed by atoms with E-state index in [1.807, 2.05) is 7.11 Å². The monoisotopic (exact) mass is 458 g/mol. The molecule has 1 saturated heterocycles. The number of ether oxygens (including phenoxy) is 2. The fourth-order valence-corrected chi connectivity index (χ4v) is 10.5. The van der Waals surface area contributed by atoms with Gasteiger partial charge in [0.05, 0.1) is 5.60 Å². The Bertz CT molecular complexity index is 800. The van der Waals surface area contributed by atoms with Crippen LogP contribution in [-0.2, 0) is 14.3 Å². The number of fused-ring (bicyclic) bond motifs is 5. The van der Waals surface area contributed by atoms with Gasteiger partial charge in [0.15, 0.2) is 6.29 Å². The molecule has 4 aliphatic carbocycles. The van der Waals surface area contributed by atoms with Crippen molar-refractivity contribution in [1.29, 1.82) is 0 Å². The molecule has 4 saturated carbocycles. The summed E-state index contributed by atoms with van der Waals surface area (Å²) in [5.74, 6) is 4.09. The van der Waals surface area contributed by atoms with Gasteiger partial charge in [0.1, 0.15) is 5.78 Å². The molecule has 0 spiro atoms. The van der Waals surface area contributed by atoms with Crippen molar-refractivity contribution in [2.75, 3.05) is 7.11 Å². The number of hydrogen-bond donors (Lipinski definition) is 0. The molecule has 0 unspecified atom stereocenters. The summed E-state index contributed by atoms with van der Waals surface area (Å²) in [6, 6.07) is 0. The number of carbonyl (C=O) groups is 1. The summed E-state index contributed by atoms with van der Waals surface area (Å²) < 4.78 is 12.7. The van der Waals surface area contributed by atoms with E-state index in [0.29, 0.717) is 28.4 Å². The van der Waals surface area contributed by atoms with Gasteiger partial charge in [-0.15, -0.1) is 0 Å². The van der Waals surface area contributed by atoms with Crippen LogP contribution in [0.2, 0.25) is 0 Å². The molecule has 0 bridgehead atoms. The van der Waals surface area contributed by atoms with Crippen molar-refractivity contribution in [3.8, 4) is 0 Å². The lowest BCUT2D eigenvalue weighted by Gasteiger charge is -2.64. The van der Waals surface area contributed by atoms with Gasteiger partial charge in [0.25, 0.3) is 0 Å². The van der Waals surface area contributed by atoms with Crippen molar-refractivity contribution in [1.82, 2.24) is 0 Å². The summed E-state index contributed by atoms with van der Waals surface area (Å²) in [6.45, 7) is 16.7. The third kappa shape index (κ3) is 3.30. The Morgan fingerprint density at radius 1 is 0.727 bits per heavy atom. The summed E-state index contributed by atoms with van der Waals surface area (Å²) in [4.78, 5) is 12.8. The fraction of sp³-hybridized carbons (Fsp3) is 0.967. The van der Waals surface area contributed by atoms with E-state index >= 15 is 0 Å². The minimum absolute atomic E-state index is 0.0637. The van der Waals surface area contributed by atoms with Crippen molar-refractivity contribution in [3.05, 3.63) is 0 Å². The van der Waals surface area contributed by atoms with E-state index in [-0.39, 0.29) is 22.7 Å². The molecule has 0 radical (unpaired) electrons. The van der Waals surface area contributed by atoms with E-state index in [1.165, 1.54) is 44.9 Å². The molecule has 1 aliphatic heterocycles. The molecule has 0 amide bonds. The number of rotatable bonds is 2. The summed E-state index contributed by atoms with van der Waals surface area (Å²) in [6.07, 6.45) is 12.1. The highest BCUT2D eigenvalue weighted by molar-refractivity contribution is 5.85. The van der Waals surface area contributed by atoms with Gasteiger partial charge in [0, 0.05) is 24.4 Å². The maximum atomic E-state index is 12.8. The number of Topliss-reactive ketones (excluding diaryl/α,β-unsaturated/α-hetero) is 1. The smallest absolute Gasteiger partial charge is 0.162 e. The lowest BCUT2D eigenvalue weighted by atomic mass is 9.40. The van der Waals surface area contributed by atoms with E-state index in [2.05, 4.69) is 48.5 Å². The van der Waals surface area contributed by atoms with Crippen LogP contribution in [0.3, 0.4) is 0 Å². The normalized spacial score (nSPS) is 53.2. The quantitative estimate of drug-likeness (QED) is 0.432. The molecule has 0 aromatic heterocycles. The van der Waals surface area contributed by atoms with Gasteiger partial charge in [-0.2, -0.15) is 0 Å². The summed E-state index contributed by atoms with van der Waals surface area (Å²) in [5.41, 5.74) is 0.648. The van der Waals surface area contributed by atoms with Crippen LogP contribution in [0.15, 0.2) is 0 Å². The fourth-order valence-electron chi connectivity index (χ4n) is 10.5. The SMILES string of the molecule is CO[C@@H]1O[C@](C)([C@H]2CC[C@]3(C)[C@@H]4CC[C@H]5C(C)(C)C(=O)CC[C@]5(C)[C@H]4CC[C@@H]23)CCC1(C)C. The summed E-state index contributed by atoms with van der Waals surface area (Å²) in [7, 11) is 1.82. The molecule has 5 fully saturated rings. The third-order valence-corrected chi connectivity index (χ3v) is 12.6. The highest BCUT2D eigenvalue weighted by atomic mass is 16.7. The first kappa shape index (κ1) is 24.3. The van der Waals surface area contributed by atoms with E-state index < -0.39 is 0 Å². The van der Waals surface area contributed by atoms with Crippen LogP contribution in [-0.4, -0.2) is 24.8 Å². The molecule has 188 valence electrons. The first-order valence-electron chi connectivity index (χ1n) is 14.0. The second-order valence-electron chi connectivity index (χ2n) is 14.8. The topological polar surface area (TPSA) is 35.5 Å². The van der Waals surface area contributed by atoms with Crippen molar-refractivity contribution < 1.29 is 14.3 Å². The van der Waals surface area contributed by atoms with Crippen LogP contribution >= 0.6 is 0 Å². The Kier molecular flexibility index (Phi) is 5.55. The first-order valence-corrected chi connectivity index (χ1v) is 14.0. The number of carbonyl (C=O) groups excluding carboxylic acids is 1. The Morgan fingerprint density at radius 2 is 1.33 bits per heavy atom. The minimum Gasteiger partial charge on any atom is -0.355 e. The zero-order chi connectivity index (χ0) is 24.0. The Labute approximate surface area is 203 Å². The molecule has 3 heteroatoms. The highest BCUT2D eigenvalue weighted by Crippen LogP contribution is 2.71. The number of hydrogen-bond acceptors (Lipinski definition) is 3. The van der Waals surface area contributed by atoms with Gasteiger partial charge >= 0.3 is 0 Å². The Morgan fingerprint density at radius 3 is 2.00 bits per heavy atom. The highest BCUT2D eigenvalue weighted by Gasteiger charge is 2.65. The molecule has 5 rings (SSSR count). The zero-order valence-electron chi connectivity index (χ0n) is 22.8. The molecule has 9 atom stereocenters. The van der Waals surface area contributed by atoms with Crippen LogP contribution < -0.4 is 0 Å². The predicted molar refractivity (Wildman–Crippen MR) is 133 cm³/mol. The van der Waals surface area contributed by atoms with Gasteiger partial charge in [-0.05, 0) is 105 Å². The molecule has 1 heterocycles. The van der Waals surface area contributed by atoms with Gasteiger partial charge in [-0.25, -0.2) is 0 Å². The van der Waals surface area contributed by atoms with Crippen LogP contribution in [0.25, 0.3) is 0 Å². The van der Waals surface area contributed by atoms with E-state index in [9.17, 15) is 4.79 Å². The van der Waals surface area contributed by atoms with Gasteiger partial charge < -0.3 is 9.47 Å². The molecular weight excluding hydrogens is 408 g/mol. The Balaban J connectivity index is 1.41. The second kappa shape index (κ2) is 7.55. The van der Waals surface area contributed by atoms with E-state index in [4.69, 9.17) is 9.47 Å². The van der Waals surface area contributed by atoms with Crippen molar-refractivity contribution in [3.63, 3.8) is 0 Å². The number of methoxy groups -OCH3 is 1. The molecule has 3 nitrogen and oxygen atoms in total. The van der Waals surface area contributed by atoms with E-state index in [0.717, 1.165) is 37.0 Å². The standard InChI is InChI=1S/C30H50O3/c1-26(2)17-18-30(7,33-25(26)32-8)22-13-15-28(5)19-11-12-23-27(3,4)24(31)14-16-29(23,6)20(19)9-10-21(22)28/h19-23,25H,9-18H2,1-8H3/t19-,20+,21+,22+,23+,25-,28-,29-,30+/m1/s1. The molecule has 0 aromatic rings. The summed E-state index contributed by atoms with van der Waals surface area (Å²) >= 11 is 0. The van der Waals surface area contributed by atoms with Crippen molar-refractivity contribution in [2.24, 2.45) is 51.2 Å². The first-order chi connectivity index (χ1) is 15.3. The average molecular weight is 459 g/mol. The summed E-state index contributed by atoms with van der Waals surface area (Å²) in [5, 5.41) is 0. The minimum atomic E-state index is -0.140. The molecule has 0 aromatic carbocycles. The zero-order valence-corrected chi connectivity index (χ0v) is 22.8. The maximum Gasteiger partial charge on any atom is 0.162 e. The molecular formula is C30H50O3. The van der Waals surface area contributed by atoms with Crippen molar-refractivity contribution in [2.45, 2.75) is 125 Å². The molecule has 0 N–H and O–H groups in total. The van der Waals surface area contributed by atoms with E-state index in [1.54, 1.807) is 0 Å². The Hall–Kier alpha value is -0.410. The maximum absolute atomic E-state index is 12.8. The van der Waals surface area contributed by atoms with Crippen molar-refractivity contribution >= 4 is 5.78 Å². The van der Waals surface area contributed by atoms with Crippen LogP contribution in [0, 0.1) is 51.2 Å².